The molecule has 6 heteroatoms. The van der Waals surface area contributed by atoms with Crippen LogP contribution in [0.3, 0.4) is 0 Å². The van der Waals surface area contributed by atoms with Gasteiger partial charge in [-0.2, -0.15) is 0 Å². The van der Waals surface area contributed by atoms with Gasteiger partial charge in [0.15, 0.2) is 10.8 Å². The molecule has 0 amide bonds. The SMILES string of the molecule is c1ccc2sc(-c3ccc(CNCC4COCO4)o3)nc2c1. The number of rotatable bonds is 5. The highest BCUT2D eigenvalue weighted by molar-refractivity contribution is 7.21. The molecule has 1 atom stereocenters. The molecule has 0 spiro atoms. The minimum atomic E-state index is 0.138. The number of hydrogen-bond acceptors (Lipinski definition) is 6. The highest BCUT2D eigenvalue weighted by Crippen LogP contribution is 2.31. The minimum Gasteiger partial charge on any atom is -0.457 e. The second-order valence-electron chi connectivity index (χ2n) is 5.16. The van der Waals surface area contributed by atoms with Crippen LogP contribution in [0.25, 0.3) is 21.0 Å². The first-order valence-electron chi connectivity index (χ1n) is 7.23. The summed E-state index contributed by atoms with van der Waals surface area (Å²) in [6.07, 6.45) is 0.138. The number of fused-ring (bicyclic) bond motifs is 1. The van der Waals surface area contributed by atoms with E-state index in [1.165, 1.54) is 4.70 Å². The van der Waals surface area contributed by atoms with Gasteiger partial charge in [0.1, 0.15) is 12.6 Å². The summed E-state index contributed by atoms with van der Waals surface area (Å²) in [6, 6.07) is 12.1. The van der Waals surface area contributed by atoms with Crippen molar-refractivity contribution in [3.05, 3.63) is 42.2 Å². The van der Waals surface area contributed by atoms with Gasteiger partial charge >= 0.3 is 0 Å². The Morgan fingerprint density at radius 2 is 2.18 bits per heavy atom. The van der Waals surface area contributed by atoms with Crippen LogP contribution in [0.15, 0.2) is 40.8 Å². The molecule has 0 radical (unpaired) electrons. The van der Waals surface area contributed by atoms with E-state index in [0.29, 0.717) is 19.9 Å². The normalized spacial score (nSPS) is 18.3. The van der Waals surface area contributed by atoms with Crippen molar-refractivity contribution < 1.29 is 13.9 Å². The lowest BCUT2D eigenvalue weighted by molar-refractivity contribution is 0.0468. The van der Waals surface area contributed by atoms with E-state index in [1.807, 2.05) is 30.3 Å². The molecule has 1 aliphatic rings. The maximum absolute atomic E-state index is 5.88. The number of furan rings is 1. The first-order valence-corrected chi connectivity index (χ1v) is 8.05. The van der Waals surface area contributed by atoms with Crippen LogP contribution in [-0.4, -0.2) is 31.0 Å². The maximum atomic E-state index is 5.88. The fourth-order valence-corrected chi connectivity index (χ4v) is 3.34. The Balaban J connectivity index is 1.42. The Labute approximate surface area is 131 Å². The Hall–Kier alpha value is -1.73. The van der Waals surface area contributed by atoms with E-state index >= 15 is 0 Å². The number of aromatic nitrogens is 1. The summed E-state index contributed by atoms with van der Waals surface area (Å²) < 4.78 is 17.6. The third-order valence-corrected chi connectivity index (χ3v) is 4.58. The van der Waals surface area contributed by atoms with E-state index in [2.05, 4.69) is 16.4 Å². The molecule has 1 saturated heterocycles. The summed E-state index contributed by atoms with van der Waals surface area (Å²) in [5.41, 5.74) is 1.01. The van der Waals surface area contributed by atoms with Crippen LogP contribution in [0.1, 0.15) is 5.76 Å². The summed E-state index contributed by atoms with van der Waals surface area (Å²) in [5, 5.41) is 4.24. The van der Waals surface area contributed by atoms with Crippen molar-refractivity contribution >= 4 is 21.6 Å². The van der Waals surface area contributed by atoms with E-state index in [1.54, 1.807) is 11.3 Å². The maximum Gasteiger partial charge on any atom is 0.163 e. The van der Waals surface area contributed by atoms with Crippen LogP contribution in [0.2, 0.25) is 0 Å². The quantitative estimate of drug-likeness (QED) is 0.784. The number of nitrogens with one attached hydrogen (secondary N) is 1. The number of para-hydroxylation sites is 1. The van der Waals surface area contributed by atoms with Crippen molar-refractivity contribution in [2.45, 2.75) is 12.6 Å². The van der Waals surface area contributed by atoms with Crippen LogP contribution in [0.5, 0.6) is 0 Å². The summed E-state index contributed by atoms with van der Waals surface area (Å²) in [5.74, 6) is 1.71. The van der Waals surface area contributed by atoms with Crippen LogP contribution in [0, 0.1) is 0 Å². The third-order valence-electron chi connectivity index (χ3n) is 3.53. The number of thiazole rings is 1. The first kappa shape index (κ1) is 13.9. The smallest absolute Gasteiger partial charge is 0.163 e. The van der Waals surface area contributed by atoms with E-state index in [4.69, 9.17) is 13.9 Å². The summed E-state index contributed by atoms with van der Waals surface area (Å²) in [7, 11) is 0. The van der Waals surface area contributed by atoms with Crippen molar-refractivity contribution in [1.29, 1.82) is 0 Å². The Kier molecular flexibility index (Phi) is 3.90. The second kappa shape index (κ2) is 6.18. The molecule has 1 aromatic carbocycles. The van der Waals surface area contributed by atoms with Gasteiger partial charge in [-0.05, 0) is 24.3 Å². The van der Waals surface area contributed by atoms with E-state index < -0.39 is 0 Å². The molecule has 22 heavy (non-hydrogen) atoms. The van der Waals surface area contributed by atoms with E-state index in [-0.39, 0.29) is 6.10 Å². The van der Waals surface area contributed by atoms with E-state index in [9.17, 15) is 0 Å². The lowest BCUT2D eigenvalue weighted by Gasteiger charge is -2.07. The lowest BCUT2D eigenvalue weighted by Crippen LogP contribution is -2.27. The van der Waals surface area contributed by atoms with Crippen LogP contribution in [0.4, 0.5) is 0 Å². The summed E-state index contributed by atoms with van der Waals surface area (Å²) in [4.78, 5) is 4.61. The summed E-state index contributed by atoms with van der Waals surface area (Å²) in [6.45, 7) is 2.49. The lowest BCUT2D eigenvalue weighted by atomic mass is 10.3. The molecule has 5 nitrogen and oxygen atoms in total. The van der Waals surface area contributed by atoms with Gasteiger partial charge in [-0.1, -0.05) is 12.1 Å². The second-order valence-corrected chi connectivity index (χ2v) is 6.19. The molecule has 0 bridgehead atoms. The van der Waals surface area contributed by atoms with Gasteiger partial charge in [-0.3, -0.25) is 0 Å². The fraction of sp³-hybridized carbons (Fsp3) is 0.312. The minimum absolute atomic E-state index is 0.138. The zero-order valence-corrected chi connectivity index (χ0v) is 12.8. The molecular weight excluding hydrogens is 300 g/mol. The molecule has 2 aromatic heterocycles. The molecule has 114 valence electrons. The molecule has 0 saturated carbocycles. The number of nitrogens with zero attached hydrogens (tertiary/aromatic N) is 1. The van der Waals surface area contributed by atoms with Crippen LogP contribution in [-0.2, 0) is 16.0 Å². The molecule has 3 aromatic rings. The van der Waals surface area contributed by atoms with E-state index in [0.717, 1.165) is 28.6 Å². The molecule has 1 fully saturated rings. The van der Waals surface area contributed by atoms with Gasteiger partial charge in [0.2, 0.25) is 0 Å². The monoisotopic (exact) mass is 316 g/mol. The van der Waals surface area contributed by atoms with Gasteiger partial charge in [0, 0.05) is 6.54 Å². The van der Waals surface area contributed by atoms with Gasteiger partial charge < -0.3 is 19.2 Å². The zero-order chi connectivity index (χ0) is 14.8. The average molecular weight is 316 g/mol. The summed E-state index contributed by atoms with van der Waals surface area (Å²) >= 11 is 1.65. The van der Waals surface area contributed by atoms with Crippen molar-refractivity contribution in [3.63, 3.8) is 0 Å². The number of hydrogen-bond donors (Lipinski definition) is 1. The molecular formula is C16H16N2O3S. The molecule has 1 N–H and O–H groups in total. The van der Waals surface area contributed by atoms with Gasteiger partial charge in [-0.25, -0.2) is 4.98 Å². The Morgan fingerprint density at radius 1 is 1.23 bits per heavy atom. The third kappa shape index (κ3) is 2.91. The van der Waals surface area contributed by atoms with Gasteiger partial charge in [0.05, 0.1) is 29.5 Å². The predicted molar refractivity (Wildman–Crippen MR) is 84.7 cm³/mol. The highest BCUT2D eigenvalue weighted by Gasteiger charge is 2.15. The largest absolute Gasteiger partial charge is 0.457 e. The Bertz CT molecular complexity index is 728. The number of benzene rings is 1. The van der Waals surface area contributed by atoms with Crippen molar-refractivity contribution in [2.24, 2.45) is 0 Å². The first-order chi connectivity index (χ1) is 10.9. The molecule has 1 unspecified atom stereocenters. The molecule has 3 heterocycles. The van der Waals surface area contributed by atoms with Crippen molar-refractivity contribution in [1.82, 2.24) is 10.3 Å². The van der Waals surface area contributed by atoms with Crippen molar-refractivity contribution in [3.8, 4) is 10.8 Å². The van der Waals surface area contributed by atoms with Gasteiger partial charge in [-0.15, -0.1) is 11.3 Å². The standard InChI is InChI=1S/C16H16N2O3S/c1-2-4-15-13(3-1)18-16(22-15)14-6-5-11(21-14)7-17-8-12-9-19-10-20-12/h1-6,12,17H,7-10H2. The number of ether oxygens (including phenoxy) is 2. The van der Waals surface area contributed by atoms with Crippen LogP contribution < -0.4 is 5.32 Å². The van der Waals surface area contributed by atoms with Gasteiger partial charge in [0.25, 0.3) is 0 Å². The molecule has 0 aliphatic carbocycles. The predicted octanol–water partition coefficient (Wildman–Crippen LogP) is 3.02. The van der Waals surface area contributed by atoms with Crippen molar-refractivity contribution in [2.75, 3.05) is 19.9 Å². The average Bonchev–Trinajstić information content (AvgIpc) is 3.27. The topological polar surface area (TPSA) is 56.5 Å². The van der Waals surface area contributed by atoms with Crippen LogP contribution >= 0.6 is 11.3 Å². The molecule has 4 rings (SSSR count). The fourth-order valence-electron chi connectivity index (χ4n) is 2.41. The Morgan fingerprint density at radius 3 is 3.05 bits per heavy atom. The highest BCUT2D eigenvalue weighted by atomic mass is 32.1. The zero-order valence-electron chi connectivity index (χ0n) is 12.0. The molecule has 1 aliphatic heterocycles.